The van der Waals surface area contributed by atoms with E-state index in [1.165, 1.54) is 18.7 Å². The lowest BCUT2D eigenvalue weighted by molar-refractivity contribution is -0.130. The average Bonchev–Trinajstić information content (AvgIpc) is 2.45. The lowest BCUT2D eigenvalue weighted by Gasteiger charge is -2.25. The molecule has 1 aromatic carbocycles. The Balaban J connectivity index is 2.98. The van der Waals surface area contributed by atoms with Gasteiger partial charge in [0.05, 0.1) is 0 Å². The van der Waals surface area contributed by atoms with Crippen molar-refractivity contribution >= 4 is 29.1 Å². The molecule has 0 unspecified atom stereocenters. The molecule has 0 fully saturated rings. The molecule has 0 saturated heterocycles. The molecule has 0 spiro atoms. The summed E-state index contributed by atoms with van der Waals surface area (Å²) in [5.74, 6) is -0.517. The number of hydrogen-bond acceptors (Lipinski definition) is 3. The zero-order valence-corrected chi connectivity index (χ0v) is 13.5. The molecule has 0 aromatic heterocycles. The van der Waals surface area contributed by atoms with Gasteiger partial charge in [-0.15, -0.1) is 0 Å². The van der Waals surface area contributed by atoms with E-state index < -0.39 is 0 Å². The Labute approximate surface area is 131 Å². The van der Waals surface area contributed by atoms with Gasteiger partial charge in [-0.2, -0.15) is 0 Å². The van der Waals surface area contributed by atoms with Crippen molar-refractivity contribution in [2.75, 3.05) is 29.9 Å². The van der Waals surface area contributed by atoms with Gasteiger partial charge >= 0.3 is 0 Å². The van der Waals surface area contributed by atoms with Gasteiger partial charge in [-0.25, -0.2) is 0 Å². The SMILES string of the molecule is CCN(CC)C(=O)CN(C(C)=O)c1cccc(NC(C)=O)c1. The van der Waals surface area contributed by atoms with Crippen molar-refractivity contribution in [3.05, 3.63) is 24.3 Å². The van der Waals surface area contributed by atoms with Crippen LogP contribution in [-0.4, -0.2) is 42.3 Å². The fourth-order valence-electron chi connectivity index (χ4n) is 2.15. The van der Waals surface area contributed by atoms with Gasteiger partial charge in [0.1, 0.15) is 6.54 Å². The third-order valence-electron chi connectivity index (χ3n) is 3.27. The first-order valence-corrected chi connectivity index (χ1v) is 7.32. The van der Waals surface area contributed by atoms with Gasteiger partial charge in [0.15, 0.2) is 0 Å². The van der Waals surface area contributed by atoms with E-state index >= 15 is 0 Å². The minimum Gasteiger partial charge on any atom is -0.342 e. The number of carbonyl (C=O) groups excluding carboxylic acids is 3. The van der Waals surface area contributed by atoms with Crippen molar-refractivity contribution in [2.45, 2.75) is 27.7 Å². The number of anilines is 2. The molecule has 0 aliphatic heterocycles. The summed E-state index contributed by atoms with van der Waals surface area (Å²) >= 11 is 0. The number of hydrogen-bond donors (Lipinski definition) is 1. The third kappa shape index (κ3) is 4.87. The van der Waals surface area contributed by atoms with Crippen LogP contribution in [0.2, 0.25) is 0 Å². The van der Waals surface area contributed by atoms with Crippen LogP contribution < -0.4 is 10.2 Å². The highest BCUT2D eigenvalue weighted by Gasteiger charge is 2.19. The summed E-state index contributed by atoms with van der Waals surface area (Å²) in [5.41, 5.74) is 1.17. The second kappa shape index (κ2) is 8.17. The van der Waals surface area contributed by atoms with Gasteiger partial charge in [-0.05, 0) is 32.0 Å². The fraction of sp³-hybridized carbons (Fsp3) is 0.438. The molecule has 0 aliphatic rings. The highest BCUT2D eigenvalue weighted by Crippen LogP contribution is 2.20. The summed E-state index contributed by atoms with van der Waals surface area (Å²) in [5, 5.41) is 2.67. The van der Waals surface area contributed by atoms with Gasteiger partial charge in [-0.3, -0.25) is 14.4 Å². The monoisotopic (exact) mass is 305 g/mol. The number of benzene rings is 1. The van der Waals surface area contributed by atoms with Crippen LogP contribution in [0.3, 0.4) is 0 Å². The average molecular weight is 305 g/mol. The smallest absolute Gasteiger partial charge is 0.242 e. The molecular formula is C16H23N3O3. The van der Waals surface area contributed by atoms with Crippen LogP contribution in [0.15, 0.2) is 24.3 Å². The summed E-state index contributed by atoms with van der Waals surface area (Å²) in [6.45, 7) is 7.83. The first kappa shape index (κ1) is 17.7. The molecule has 0 heterocycles. The van der Waals surface area contributed by atoms with Crippen molar-refractivity contribution in [1.82, 2.24) is 4.90 Å². The minimum absolute atomic E-state index is 0.0134. The van der Waals surface area contributed by atoms with E-state index in [1.54, 1.807) is 29.2 Å². The van der Waals surface area contributed by atoms with E-state index in [9.17, 15) is 14.4 Å². The van der Waals surface area contributed by atoms with Crippen molar-refractivity contribution in [3.8, 4) is 0 Å². The molecule has 6 nitrogen and oxygen atoms in total. The van der Waals surface area contributed by atoms with Gasteiger partial charge in [0.2, 0.25) is 17.7 Å². The molecule has 6 heteroatoms. The standard InChI is InChI=1S/C16H23N3O3/c1-5-18(6-2)16(22)11-19(13(4)21)15-9-7-8-14(10-15)17-12(3)20/h7-10H,5-6,11H2,1-4H3,(H,17,20). The van der Waals surface area contributed by atoms with E-state index in [4.69, 9.17) is 0 Å². The quantitative estimate of drug-likeness (QED) is 0.872. The van der Waals surface area contributed by atoms with Crippen LogP contribution in [0.5, 0.6) is 0 Å². The molecule has 1 aromatic rings. The Morgan fingerprint density at radius 2 is 1.73 bits per heavy atom. The van der Waals surface area contributed by atoms with Gasteiger partial charge < -0.3 is 15.1 Å². The zero-order valence-electron chi connectivity index (χ0n) is 13.5. The number of nitrogens with zero attached hydrogens (tertiary/aromatic N) is 2. The Hall–Kier alpha value is -2.37. The number of amides is 3. The highest BCUT2D eigenvalue weighted by molar-refractivity contribution is 5.98. The minimum atomic E-state index is -0.222. The molecule has 1 rings (SSSR count). The molecule has 0 radical (unpaired) electrons. The van der Waals surface area contributed by atoms with Gasteiger partial charge in [-0.1, -0.05) is 6.07 Å². The van der Waals surface area contributed by atoms with Crippen molar-refractivity contribution in [2.24, 2.45) is 0 Å². The molecular weight excluding hydrogens is 282 g/mol. The predicted molar refractivity (Wildman–Crippen MR) is 86.7 cm³/mol. The molecule has 22 heavy (non-hydrogen) atoms. The maximum absolute atomic E-state index is 12.2. The summed E-state index contributed by atoms with van der Waals surface area (Å²) < 4.78 is 0. The molecule has 0 bridgehead atoms. The third-order valence-corrected chi connectivity index (χ3v) is 3.27. The van der Waals surface area contributed by atoms with E-state index in [-0.39, 0.29) is 24.3 Å². The molecule has 0 atom stereocenters. The Morgan fingerprint density at radius 3 is 2.23 bits per heavy atom. The Morgan fingerprint density at radius 1 is 1.09 bits per heavy atom. The van der Waals surface area contributed by atoms with Crippen molar-refractivity contribution in [1.29, 1.82) is 0 Å². The molecule has 120 valence electrons. The summed E-state index contributed by atoms with van der Waals surface area (Å²) in [6.07, 6.45) is 0. The first-order chi connectivity index (χ1) is 10.4. The second-order valence-electron chi connectivity index (χ2n) is 4.90. The Kier molecular flexibility index (Phi) is 6.56. The maximum atomic E-state index is 12.2. The van der Waals surface area contributed by atoms with Gasteiger partial charge in [0, 0.05) is 38.3 Å². The van der Waals surface area contributed by atoms with Crippen LogP contribution in [0.4, 0.5) is 11.4 Å². The van der Waals surface area contributed by atoms with Crippen molar-refractivity contribution < 1.29 is 14.4 Å². The second-order valence-corrected chi connectivity index (χ2v) is 4.90. The van der Waals surface area contributed by atoms with E-state index in [0.717, 1.165) is 0 Å². The first-order valence-electron chi connectivity index (χ1n) is 7.32. The molecule has 0 saturated carbocycles. The number of carbonyl (C=O) groups is 3. The maximum Gasteiger partial charge on any atom is 0.242 e. The van der Waals surface area contributed by atoms with Crippen molar-refractivity contribution in [3.63, 3.8) is 0 Å². The van der Waals surface area contributed by atoms with E-state index in [1.807, 2.05) is 13.8 Å². The fourth-order valence-corrected chi connectivity index (χ4v) is 2.15. The highest BCUT2D eigenvalue weighted by atomic mass is 16.2. The van der Waals surface area contributed by atoms with Gasteiger partial charge in [0.25, 0.3) is 0 Å². The summed E-state index contributed by atoms with van der Waals surface area (Å²) in [7, 11) is 0. The van der Waals surface area contributed by atoms with Crippen LogP contribution in [0.25, 0.3) is 0 Å². The van der Waals surface area contributed by atoms with E-state index in [2.05, 4.69) is 5.32 Å². The number of nitrogens with one attached hydrogen (secondary N) is 1. The van der Waals surface area contributed by atoms with Crippen LogP contribution in [0, 0.1) is 0 Å². The number of likely N-dealkylation sites (N-methyl/N-ethyl adjacent to an activating group) is 1. The van der Waals surface area contributed by atoms with Crippen LogP contribution in [0.1, 0.15) is 27.7 Å². The normalized spacial score (nSPS) is 10.0. The molecule has 3 amide bonds. The molecule has 1 N–H and O–H groups in total. The lowest BCUT2D eigenvalue weighted by atomic mass is 10.2. The van der Waals surface area contributed by atoms with E-state index in [0.29, 0.717) is 24.5 Å². The predicted octanol–water partition coefficient (Wildman–Crippen LogP) is 1.87. The van der Waals surface area contributed by atoms with Crippen LogP contribution in [-0.2, 0) is 14.4 Å². The van der Waals surface area contributed by atoms with Crippen LogP contribution >= 0.6 is 0 Å². The number of rotatable bonds is 6. The zero-order chi connectivity index (χ0) is 16.7. The summed E-state index contributed by atoms with van der Waals surface area (Å²) in [4.78, 5) is 38.3. The largest absolute Gasteiger partial charge is 0.342 e. The topological polar surface area (TPSA) is 69.7 Å². The Bertz CT molecular complexity index is 553. The molecule has 0 aliphatic carbocycles. The lowest BCUT2D eigenvalue weighted by Crippen LogP contribution is -2.42. The summed E-state index contributed by atoms with van der Waals surface area (Å²) in [6, 6.07) is 6.88.